The zero-order valence-electron chi connectivity index (χ0n) is 13.6. The second kappa shape index (κ2) is 6.07. The average Bonchev–Trinajstić information content (AvgIpc) is 2.55. The minimum Gasteiger partial charge on any atom is -0.481 e. The smallest absolute Gasteiger partial charge is 0.308 e. The number of carboxylic acid groups (broad SMARTS) is 1. The molecule has 0 radical (unpaired) electrons. The summed E-state index contributed by atoms with van der Waals surface area (Å²) >= 11 is 0. The largest absolute Gasteiger partial charge is 0.481 e. The Bertz CT molecular complexity index is 874. The molecule has 1 fully saturated rings. The van der Waals surface area contributed by atoms with Gasteiger partial charge in [-0.05, 0) is 38.3 Å². The van der Waals surface area contributed by atoms with Gasteiger partial charge in [0, 0.05) is 25.0 Å². The molecule has 3 heterocycles. The highest BCUT2D eigenvalue weighted by atomic mass is 16.4. The van der Waals surface area contributed by atoms with E-state index in [4.69, 9.17) is 0 Å². The fourth-order valence-electron chi connectivity index (χ4n) is 3.08. The minimum absolute atomic E-state index is 0.0315. The molecule has 0 aromatic carbocycles. The van der Waals surface area contributed by atoms with Gasteiger partial charge >= 0.3 is 5.97 Å². The number of rotatable bonds is 2. The normalized spacial score (nSPS) is 21.0. The number of aromatic nitrogens is 2. The third-order valence-electron chi connectivity index (χ3n) is 4.57. The number of aliphatic carboxylic acids is 1. The Balaban J connectivity index is 2.00. The van der Waals surface area contributed by atoms with E-state index in [1.807, 2.05) is 19.9 Å². The van der Waals surface area contributed by atoms with Gasteiger partial charge in [-0.1, -0.05) is 6.07 Å². The summed E-state index contributed by atoms with van der Waals surface area (Å²) < 4.78 is 1.35. The second-order valence-corrected chi connectivity index (χ2v) is 6.33. The number of pyridine rings is 1. The molecule has 24 heavy (non-hydrogen) atoms. The number of carbonyl (C=O) groups excluding carboxylic acids is 1. The first-order valence-electron chi connectivity index (χ1n) is 7.90. The minimum atomic E-state index is -0.913. The molecule has 7 nitrogen and oxygen atoms in total. The summed E-state index contributed by atoms with van der Waals surface area (Å²) in [7, 11) is 0. The number of amides is 1. The Morgan fingerprint density at radius 2 is 2.04 bits per heavy atom. The molecule has 0 saturated carbocycles. The number of fused-ring (bicyclic) bond motifs is 1. The van der Waals surface area contributed by atoms with Gasteiger partial charge in [0.2, 0.25) is 0 Å². The first kappa shape index (κ1) is 16.2. The van der Waals surface area contributed by atoms with Crippen LogP contribution in [0.4, 0.5) is 0 Å². The SMILES string of the molecule is Cc1ccc2ncc(C(=O)N3CC(C(=O)O)CCC3C)c(=O)n2c1. The summed E-state index contributed by atoms with van der Waals surface area (Å²) in [5.41, 5.74) is 0.889. The van der Waals surface area contributed by atoms with E-state index in [1.165, 1.54) is 15.5 Å². The van der Waals surface area contributed by atoms with E-state index in [-0.39, 0.29) is 18.2 Å². The highest BCUT2D eigenvalue weighted by molar-refractivity contribution is 5.94. The Kier molecular flexibility index (Phi) is 4.09. The molecule has 1 aliphatic rings. The van der Waals surface area contributed by atoms with Crippen LogP contribution in [0.15, 0.2) is 29.3 Å². The molecule has 0 bridgehead atoms. The molecular formula is C17H19N3O4. The van der Waals surface area contributed by atoms with Gasteiger partial charge in [-0.2, -0.15) is 0 Å². The standard InChI is InChI=1S/C17H19N3O4/c1-10-3-6-14-18-7-13(16(22)20(14)8-10)15(21)19-9-12(17(23)24)5-4-11(19)2/h3,6-8,11-12H,4-5,9H2,1-2H3,(H,23,24). The highest BCUT2D eigenvalue weighted by Gasteiger charge is 2.34. The van der Waals surface area contributed by atoms with Gasteiger partial charge in [-0.15, -0.1) is 0 Å². The predicted octanol–water partition coefficient (Wildman–Crippen LogP) is 1.33. The van der Waals surface area contributed by atoms with Crippen molar-refractivity contribution in [1.29, 1.82) is 0 Å². The molecule has 0 spiro atoms. The van der Waals surface area contributed by atoms with Crippen LogP contribution in [0.3, 0.4) is 0 Å². The number of likely N-dealkylation sites (tertiary alicyclic amines) is 1. The Morgan fingerprint density at radius 1 is 1.29 bits per heavy atom. The number of aryl methyl sites for hydroxylation is 1. The maximum atomic E-state index is 12.8. The lowest BCUT2D eigenvalue weighted by atomic mass is 9.93. The van der Waals surface area contributed by atoms with Crippen molar-refractivity contribution in [3.05, 3.63) is 46.0 Å². The van der Waals surface area contributed by atoms with Crippen molar-refractivity contribution in [3.63, 3.8) is 0 Å². The molecular weight excluding hydrogens is 310 g/mol. The van der Waals surface area contributed by atoms with Crippen molar-refractivity contribution in [2.75, 3.05) is 6.54 Å². The number of hydrogen-bond donors (Lipinski definition) is 1. The molecule has 2 unspecified atom stereocenters. The van der Waals surface area contributed by atoms with E-state index < -0.39 is 23.4 Å². The van der Waals surface area contributed by atoms with Gasteiger partial charge < -0.3 is 10.0 Å². The van der Waals surface area contributed by atoms with Crippen LogP contribution in [-0.2, 0) is 4.79 Å². The van der Waals surface area contributed by atoms with Gasteiger partial charge in [0.25, 0.3) is 11.5 Å². The molecule has 7 heteroatoms. The first-order valence-corrected chi connectivity index (χ1v) is 7.90. The van der Waals surface area contributed by atoms with Gasteiger partial charge in [0.05, 0.1) is 5.92 Å². The topological polar surface area (TPSA) is 92.0 Å². The molecule has 0 aliphatic carbocycles. The maximum Gasteiger partial charge on any atom is 0.308 e. The molecule has 3 rings (SSSR count). The van der Waals surface area contributed by atoms with Crippen LogP contribution in [0, 0.1) is 12.8 Å². The summed E-state index contributed by atoms with van der Waals surface area (Å²) in [6, 6.07) is 3.45. The third-order valence-corrected chi connectivity index (χ3v) is 4.57. The van der Waals surface area contributed by atoms with Crippen LogP contribution in [0.5, 0.6) is 0 Å². The molecule has 1 saturated heterocycles. The third kappa shape index (κ3) is 2.77. The number of carboxylic acids is 1. The average molecular weight is 329 g/mol. The maximum absolute atomic E-state index is 12.8. The van der Waals surface area contributed by atoms with E-state index >= 15 is 0 Å². The zero-order valence-corrected chi connectivity index (χ0v) is 13.6. The van der Waals surface area contributed by atoms with Crippen LogP contribution in [0.2, 0.25) is 0 Å². The van der Waals surface area contributed by atoms with E-state index in [1.54, 1.807) is 12.3 Å². The summed E-state index contributed by atoms with van der Waals surface area (Å²) in [6.45, 7) is 3.84. The van der Waals surface area contributed by atoms with E-state index in [2.05, 4.69) is 4.98 Å². The van der Waals surface area contributed by atoms with Crippen molar-refractivity contribution in [2.24, 2.45) is 5.92 Å². The van der Waals surface area contributed by atoms with Gasteiger partial charge in [-0.25, -0.2) is 4.98 Å². The van der Waals surface area contributed by atoms with Crippen molar-refractivity contribution in [1.82, 2.24) is 14.3 Å². The van der Waals surface area contributed by atoms with Crippen molar-refractivity contribution < 1.29 is 14.7 Å². The lowest BCUT2D eigenvalue weighted by Crippen LogP contribution is -2.48. The Hall–Kier alpha value is -2.70. The lowest BCUT2D eigenvalue weighted by molar-refractivity contribution is -0.143. The highest BCUT2D eigenvalue weighted by Crippen LogP contribution is 2.23. The van der Waals surface area contributed by atoms with E-state index in [0.29, 0.717) is 18.5 Å². The molecule has 2 aromatic heterocycles. The molecule has 2 atom stereocenters. The van der Waals surface area contributed by atoms with E-state index in [9.17, 15) is 19.5 Å². The predicted molar refractivity (Wildman–Crippen MR) is 87.1 cm³/mol. The zero-order chi connectivity index (χ0) is 17.4. The van der Waals surface area contributed by atoms with Crippen LogP contribution in [0.1, 0.15) is 35.7 Å². The summed E-state index contributed by atoms with van der Waals surface area (Å²) in [6.07, 6.45) is 4.06. The van der Waals surface area contributed by atoms with Crippen molar-refractivity contribution in [2.45, 2.75) is 32.7 Å². The molecule has 126 valence electrons. The van der Waals surface area contributed by atoms with Crippen molar-refractivity contribution in [3.8, 4) is 0 Å². The number of piperidine rings is 1. The second-order valence-electron chi connectivity index (χ2n) is 6.33. The van der Waals surface area contributed by atoms with Gasteiger partial charge in [-0.3, -0.25) is 18.8 Å². The van der Waals surface area contributed by atoms with Crippen LogP contribution in [-0.4, -0.2) is 43.9 Å². The summed E-state index contributed by atoms with van der Waals surface area (Å²) in [4.78, 5) is 42.3. The van der Waals surface area contributed by atoms with Crippen molar-refractivity contribution >= 4 is 17.5 Å². The van der Waals surface area contributed by atoms with Gasteiger partial charge in [0.1, 0.15) is 11.2 Å². The first-order chi connectivity index (χ1) is 11.4. The summed E-state index contributed by atoms with van der Waals surface area (Å²) in [5.74, 6) is -1.96. The number of hydrogen-bond acceptors (Lipinski definition) is 4. The Morgan fingerprint density at radius 3 is 2.75 bits per heavy atom. The fraction of sp³-hybridized carbons (Fsp3) is 0.412. The van der Waals surface area contributed by atoms with E-state index in [0.717, 1.165) is 5.56 Å². The molecule has 2 aromatic rings. The van der Waals surface area contributed by atoms with Gasteiger partial charge in [0.15, 0.2) is 0 Å². The summed E-state index contributed by atoms with van der Waals surface area (Å²) in [5, 5.41) is 9.20. The molecule has 1 aliphatic heterocycles. The van der Waals surface area contributed by atoms with Crippen LogP contribution >= 0.6 is 0 Å². The fourth-order valence-corrected chi connectivity index (χ4v) is 3.08. The number of carbonyl (C=O) groups is 2. The lowest BCUT2D eigenvalue weighted by Gasteiger charge is -2.36. The monoisotopic (exact) mass is 329 g/mol. The quantitative estimate of drug-likeness (QED) is 0.897. The molecule has 1 amide bonds. The van der Waals surface area contributed by atoms with Crippen LogP contribution in [0.25, 0.3) is 5.65 Å². The number of nitrogens with zero attached hydrogens (tertiary/aromatic N) is 3. The Labute approximate surface area is 138 Å². The van der Waals surface area contributed by atoms with Crippen LogP contribution < -0.4 is 5.56 Å². The molecule has 1 N–H and O–H groups in total.